The molecule has 45 heavy (non-hydrogen) atoms. The van der Waals surface area contributed by atoms with Crippen LogP contribution in [0.5, 0.6) is 5.75 Å². The Morgan fingerprint density at radius 3 is 2.42 bits per heavy atom. The van der Waals surface area contributed by atoms with Crippen LogP contribution in [-0.4, -0.2) is 59.7 Å². The monoisotopic (exact) mass is 607 g/mol. The van der Waals surface area contributed by atoms with Crippen molar-refractivity contribution in [2.75, 3.05) is 37.9 Å². The quantitative estimate of drug-likeness (QED) is 0.219. The Morgan fingerprint density at radius 1 is 0.978 bits per heavy atom. The summed E-state index contributed by atoms with van der Waals surface area (Å²) in [6.07, 6.45) is 4.27. The summed E-state index contributed by atoms with van der Waals surface area (Å²) in [5.74, 6) is 1.87. The van der Waals surface area contributed by atoms with Crippen LogP contribution in [0.3, 0.4) is 0 Å². The van der Waals surface area contributed by atoms with E-state index in [9.17, 15) is 9.59 Å². The molecular formula is C35H41N7O3. The molecule has 0 radical (unpaired) electrons. The Labute approximate surface area is 264 Å². The van der Waals surface area contributed by atoms with Gasteiger partial charge in [-0.15, -0.1) is 0 Å². The van der Waals surface area contributed by atoms with Crippen LogP contribution in [0.25, 0.3) is 16.5 Å². The lowest BCUT2D eigenvalue weighted by atomic mass is 9.92. The lowest BCUT2D eigenvalue weighted by molar-refractivity contribution is -0.120. The third-order valence-electron chi connectivity index (χ3n) is 7.37. The van der Waals surface area contributed by atoms with Crippen LogP contribution >= 0.6 is 0 Å². The molecule has 1 aliphatic rings. The van der Waals surface area contributed by atoms with Crippen molar-refractivity contribution in [2.24, 2.45) is 10.9 Å². The van der Waals surface area contributed by atoms with Crippen molar-refractivity contribution >= 4 is 40.1 Å². The minimum Gasteiger partial charge on any atom is -0.492 e. The molecule has 1 aliphatic heterocycles. The second kappa shape index (κ2) is 13.4. The average molecular weight is 608 g/mol. The summed E-state index contributed by atoms with van der Waals surface area (Å²) in [4.78, 5) is 31.7. The highest BCUT2D eigenvalue weighted by Gasteiger charge is 2.22. The molecule has 2 heterocycles. The van der Waals surface area contributed by atoms with Crippen LogP contribution in [-0.2, 0) is 10.2 Å². The van der Waals surface area contributed by atoms with E-state index in [4.69, 9.17) is 9.84 Å². The number of rotatable bonds is 8. The number of hydrogen-bond donors (Lipinski definition) is 3. The number of carbonyl (C=O) groups is 2. The standard InChI is InChI=1S/C35H41N7O3/c1-23-11-13-25(14-12-23)42-32(20-30(40-42)35(2,3)4)39-34(44)37-28-15-16-29(27-10-8-7-9-26(27)28)45-22-24-17-18-36-31(19-24)38-33(43)21-41(5)6/h7-18,20,24H,19,21-22H2,1-6H3,(H,36,38,43)(H2,37,39,44). The minimum absolute atomic E-state index is 0.0517. The van der Waals surface area contributed by atoms with Crippen LogP contribution in [0.15, 0.2) is 84.0 Å². The summed E-state index contributed by atoms with van der Waals surface area (Å²) in [6.45, 7) is 9.02. The van der Waals surface area contributed by atoms with Gasteiger partial charge in [-0.25, -0.2) is 14.5 Å². The number of aryl methyl sites for hydroxylation is 1. The van der Waals surface area contributed by atoms with Crippen molar-refractivity contribution in [2.45, 2.75) is 39.5 Å². The van der Waals surface area contributed by atoms with Crippen LogP contribution in [0.2, 0.25) is 0 Å². The number of nitrogens with one attached hydrogen (secondary N) is 3. The smallest absolute Gasteiger partial charge is 0.324 e. The average Bonchev–Trinajstić information content (AvgIpc) is 3.41. The van der Waals surface area contributed by atoms with Gasteiger partial charge in [0.15, 0.2) is 0 Å². The van der Waals surface area contributed by atoms with Gasteiger partial charge >= 0.3 is 6.03 Å². The third kappa shape index (κ3) is 7.96. The number of ether oxygens (including phenoxy) is 1. The topological polar surface area (TPSA) is 113 Å². The van der Waals surface area contributed by atoms with E-state index < -0.39 is 0 Å². The molecule has 234 valence electrons. The Bertz CT molecular complexity index is 1750. The molecule has 3 aromatic carbocycles. The molecule has 1 atom stereocenters. The van der Waals surface area contributed by atoms with Gasteiger partial charge in [-0.3, -0.25) is 10.1 Å². The van der Waals surface area contributed by atoms with E-state index in [0.29, 0.717) is 42.7 Å². The molecule has 10 heteroatoms. The number of amidine groups is 1. The molecule has 3 amide bonds. The number of aromatic nitrogens is 2. The number of benzene rings is 3. The highest BCUT2D eigenvalue weighted by atomic mass is 16.5. The van der Waals surface area contributed by atoms with Gasteiger partial charge < -0.3 is 20.3 Å². The summed E-state index contributed by atoms with van der Waals surface area (Å²) in [5, 5.41) is 15.5. The fourth-order valence-corrected chi connectivity index (χ4v) is 5.00. The molecule has 3 N–H and O–H groups in total. The molecule has 0 spiro atoms. The first-order valence-corrected chi connectivity index (χ1v) is 15.0. The summed E-state index contributed by atoms with van der Waals surface area (Å²) in [5.41, 5.74) is 3.33. The number of urea groups is 1. The van der Waals surface area contributed by atoms with E-state index in [1.54, 1.807) is 10.9 Å². The van der Waals surface area contributed by atoms with E-state index in [2.05, 4.69) is 41.7 Å². The molecule has 0 aliphatic carbocycles. The highest BCUT2D eigenvalue weighted by molar-refractivity contribution is 6.07. The number of fused-ring (bicyclic) bond motifs is 1. The predicted octanol–water partition coefficient (Wildman–Crippen LogP) is 6.26. The molecule has 0 fully saturated rings. The molecule has 0 saturated heterocycles. The zero-order chi connectivity index (χ0) is 32.1. The summed E-state index contributed by atoms with van der Waals surface area (Å²) in [6, 6.07) is 21.1. The van der Waals surface area contributed by atoms with Crippen molar-refractivity contribution < 1.29 is 14.3 Å². The SMILES string of the molecule is Cc1ccc(-n2nc(C(C)(C)C)cc2NC(=O)Nc2ccc(OCC3C=CN=C(NC(=O)CN(C)C)C3)c3ccccc23)cc1. The van der Waals surface area contributed by atoms with Gasteiger partial charge in [0, 0.05) is 40.8 Å². The van der Waals surface area contributed by atoms with Gasteiger partial charge in [-0.2, -0.15) is 5.10 Å². The van der Waals surface area contributed by atoms with Crippen LogP contribution < -0.4 is 20.7 Å². The Kier molecular flexibility index (Phi) is 9.34. The number of hydrogen-bond acceptors (Lipinski definition) is 6. The lowest BCUT2D eigenvalue weighted by Gasteiger charge is -2.20. The zero-order valence-corrected chi connectivity index (χ0v) is 26.7. The maximum Gasteiger partial charge on any atom is 0.324 e. The van der Waals surface area contributed by atoms with E-state index >= 15 is 0 Å². The van der Waals surface area contributed by atoms with Crippen molar-refractivity contribution in [3.8, 4) is 11.4 Å². The molecule has 4 aromatic rings. The predicted molar refractivity (Wildman–Crippen MR) is 180 cm³/mol. The molecule has 10 nitrogen and oxygen atoms in total. The number of carbonyl (C=O) groups excluding carboxylic acids is 2. The van der Waals surface area contributed by atoms with Gasteiger partial charge in [-0.1, -0.05) is 68.8 Å². The van der Waals surface area contributed by atoms with Crippen molar-refractivity contribution in [3.05, 3.63) is 90.3 Å². The largest absolute Gasteiger partial charge is 0.492 e. The van der Waals surface area contributed by atoms with Crippen LogP contribution in [0, 0.1) is 12.8 Å². The maximum absolute atomic E-state index is 13.4. The highest BCUT2D eigenvalue weighted by Crippen LogP contribution is 2.33. The number of likely N-dealkylation sites (N-methyl/N-ethyl adjacent to an activating group) is 1. The molecular weight excluding hydrogens is 566 g/mol. The third-order valence-corrected chi connectivity index (χ3v) is 7.37. The fourth-order valence-electron chi connectivity index (χ4n) is 5.00. The molecule has 1 aromatic heterocycles. The van der Waals surface area contributed by atoms with Crippen molar-refractivity contribution in [1.82, 2.24) is 20.0 Å². The maximum atomic E-state index is 13.4. The second-order valence-electron chi connectivity index (χ2n) is 12.6. The lowest BCUT2D eigenvalue weighted by Crippen LogP contribution is -2.39. The Morgan fingerprint density at radius 2 is 1.71 bits per heavy atom. The van der Waals surface area contributed by atoms with E-state index in [1.807, 2.05) is 98.7 Å². The number of amides is 3. The zero-order valence-electron chi connectivity index (χ0n) is 26.7. The first-order chi connectivity index (χ1) is 21.5. The normalized spacial score (nSPS) is 14.7. The number of nitrogens with zero attached hydrogens (tertiary/aromatic N) is 4. The number of anilines is 2. The summed E-state index contributed by atoms with van der Waals surface area (Å²) < 4.78 is 8.03. The van der Waals surface area contributed by atoms with E-state index in [-0.39, 0.29) is 23.3 Å². The van der Waals surface area contributed by atoms with Gasteiger partial charge in [0.1, 0.15) is 17.4 Å². The van der Waals surface area contributed by atoms with Gasteiger partial charge in [0.05, 0.1) is 30.2 Å². The summed E-state index contributed by atoms with van der Waals surface area (Å²) >= 11 is 0. The van der Waals surface area contributed by atoms with Gasteiger partial charge in [0.2, 0.25) is 5.91 Å². The molecule has 0 bridgehead atoms. The van der Waals surface area contributed by atoms with Crippen molar-refractivity contribution in [1.29, 1.82) is 0 Å². The first kappa shape index (κ1) is 31.5. The Hall–Kier alpha value is -4.96. The Balaban J connectivity index is 1.29. The van der Waals surface area contributed by atoms with E-state index in [1.165, 1.54) is 0 Å². The summed E-state index contributed by atoms with van der Waals surface area (Å²) in [7, 11) is 3.70. The number of aliphatic imine (C=N–C) groups is 1. The van der Waals surface area contributed by atoms with Crippen LogP contribution in [0.1, 0.15) is 38.4 Å². The van der Waals surface area contributed by atoms with E-state index in [0.717, 1.165) is 27.7 Å². The first-order valence-electron chi connectivity index (χ1n) is 15.0. The minimum atomic E-state index is -0.377. The molecule has 0 saturated carbocycles. The van der Waals surface area contributed by atoms with Crippen molar-refractivity contribution in [3.63, 3.8) is 0 Å². The van der Waals surface area contributed by atoms with Gasteiger partial charge in [0.25, 0.3) is 0 Å². The fraction of sp³-hybridized carbons (Fsp3) is 0.314. The second-order valence-corrected chi connectivity index (χ2v) is 12.6. The molecule has 5 rings (SSSR count). The van der Waals surface area contributed by atoms with Gasteiger partial charge in [-0.05, 0) is 45.3 Å². The molecule has 1 unspecified atom stereocenters. The van der Waals surface area contributed by atoms with Crippen LogP contribution in [0.4, 0.5) is 16.3 Å².